The van der Waals surface area contributed by atoms with E-state index in [-0.39, 0.29) is 33.9 Å². The SMILES string of the molecule is C[C@@H]1CN(c2oc(-c3ccccc3)nc2S(=O)(=O)c2ccc(Cl)cc2)C[C@@H](C)O1. The summed E-state index contributed by atoms with van der Waals surface area (Å²) in [6.07, 6.45) is -0.120. The molecule has 8 heteroatoms. The molecule has 0 saturated carbocycles. The van der Waals surface area contributed by atoms with Crippen LogP contribution in [0.25, 0.3) is 11.5 Å². The van der Waals surface area contributed by atoms with Gasteiger partial charge in [-0.15, -0.1) is 0 Å². The van der Waals surface area contributed by atoms with E-state index in [4.69, 9.17) is 20.8 Å². The van der Waals surface area contributed by atoms with Crippen molar-refractivity contribution in [1.29, 1.82) is 0 Å². The van der Waals surface area contributed by atoms with Crippen molar-refractivity contribution in [2.45, 2.75) is 36.0 Å². The van der Waals surface area contributed by atoms with Gasteiger partial charge in [0.1, 0.15) is 0 Å². The van der Waals surface area contributed by atoms with Gasteiger partial charge >= 0.3 is 0 Å². The lowest BCUT2D eigenvalue weighted by molar-refractivity contribution is -0.00657. The number of nitrogens with zero attached hydrogens (tertiary/aromatic N) is 2. The second kappa shape index (κ2) is 7.82. The van der Waals surface area contributed by atoms with Crippen LogP contribution in [0, 0.1) is 0 Å². The lowest BCUT2D eigenvalue weighted by atomic mass is 10.2. The summed E-state index contributed by atoms with van der Waals surface area (Å²) in [5, 5.41) is 0.366. The molecule has 152 valence electrons. The van der Waals surface area contributed by atoms with E-state index < -0.39 is 9.84 Å². The van der Waals surface area contributed by atoms with Crippen LogP contribution >= 0.6 is 11.6 Å². The van der Waals surface area contributed by atoms with Crippen molar-refractivity contribution in [2.75, 3.05) is 18.0 Å². The summed E-state index contributed by atoms with van der Waals surface area (Å²) < 4.78 is 38.6. The number of rotatable bonds is 4. The van der Waals surface area contributed by atoms with Crippen LogP contribution in [0.5, 0.6) is 0 Å². The van der Waals surface area contributed by atoms with Gasteiger partial charge in [0.25, 0.3) is 0 Å². The minimum Gasteiger partial charge on any atom is -0.419 e. The third-order valence-electron chi connectivity index (χ3n) is 4.69. The molecule has 0 aliphatic carbocycles. The standard InChI is InChI=1S/C21H21ClN2O4S/c1-14-12-24(13-15(2)27-14)21-20(23-19(28-21)16-6-4-3-5-7-16)29(25,26)18-10-8-17(22)9-11-18/h3-11,14-15H,12-13H2,1-2H3/t14-,15-/m1/s1. The Morgan fingerprint density at radius 3 is 2.24 bits per heavy atom. The molecule has 0 spiro atoms. The Labute approximate surface area is 175 Å². The fourth-order valence-corrected chi connectivity index (χ4v) is 4.89. The molecule has 2 atom stereocenters. The van der Waals surface area contributed by atoms with E-state index in [2.05, 4.69) is 4.98 Å². The summed E-state index contributed by atoms with van der Waals surface area (Å²) in [4.78, 5) is 6.41. The second-order valence-electron chi connectivity index (χ2n) is 7.12. The van der Waals surface area contributed by atoms with E-state index in [1.165, 1.54) is 12.1 Å². The van der Waals surface area contributed by atoms with Gasteiger partial charge in [-0.1, -0.05) is 29.8 Å². The van der Waals surface area contributed by atoms with Crippen molar-refractivity contribution in [2.24, 2.45) is 0 Å². The largest absolute Gasteiger partial charge is 0.419 e. The molecule has 1 fully saturated rings. The topological polar surface area (TPSA) is 72.6 Å². The smallest absolute Gasteiger partial charge is 0.236 e. The van der Waals surface area contributed by atoms with Crippen LogP contribution in [0.2, 0.25) is 5.02 Å². The fourth-order valence-electron chi connectivity index (χ4n) is 3.45. The number of anilines is 1. The molecule has 4 rings (SSSR count). The molecule has 2 heterocycles. The normalized spacial score (nSPS) is 20.0. The Kier molecular flexibility index (Phi) is 5.38. The third-order valence-corrected chi connectivity index (χ3v) is 6.61. The Bertz CT molecular complexity index is 1090. The predicted molar refractivity (Wildman–Crippen MR) is 111 cm³/mol. The Morgan fingerprint density at radius 2 is 1.62 bits per heavy atom. The predicted octanol–water partition coefficient (Wildman–Crippen LogP) is 4.44. The van der Waals surface area contributed by atoms with Crippen molar-refractivity contribution in [1.82, 2.24) is 4.98 Å². The van der Waals surface area contributed by atoms with Crippen LogP contribution in [0.15, 0.2) is 68.9 Å². The zero-order valence-electron chi connectivity index (χ0n) is 16.1. The van der Waals surface area contributed by atoms with Crippen LogP contribution in [-0.4, -0.2) is 38.7 Å². The van der Waals surface area contributed by atoms with Crippen LogP contribution in [0.4, 0.5) is 5.88 Å². The maximum atomic E-state index is 13.4. The number of hydrogen-bond donors (Lipinski definition) is 0. The van der Waals surface area contributed by atoms with E-state index in [9.17, 15) is 8.42 Å². The van der Waals surface area contributed by atoms with Crippen LogP contribution < -0.4 is 4.90 Å². The first-order valence-corrected chi connectivity index (χ1v) is 11.2. The minimum absolute atomic E-state index is 0.0601. The first-order chi connectivity index (χ1) is 13.8. The van der Waals surface area contributed by atoms with Crippen molar-refractivity contribution < 1.29 is 17.6 Å². The molecule has 0 radical (unpaired) electrons. The highest BCUT2D eigenvalue weighted by Crippen LogP contribution is 2.36. The number of halogens is 1. The van der Waals surface area contributed by atoms with Gasteiger partial charge in [0.05, 0.1) is 17.1 Å². The molecule has 0 amide bonds. The van der Waals surface area contributed by atoms with E-state index in [1.54, 1.807) is 12.1 Å². The number of aromatic nitrogens is 1. The zero-order valence-corrected chi connectivity index (χ0v) is 17.7. The lowest BCUT2D eigenvalue weighted by Crippen LogP contribution is -2.45. The molecule has 1 saturated heterocycles. The van der Waals surface area contributed by atoms with E-state index in [1.807, 2.05) is 49.1 Å². The molecule has 3 aromatic rings. The summed E-state index contributed by atoms with van der Waals surface area (Å²) >= 11 is 5.93. The van der Waals surface area contributed by atoms with Crippen molar-refractivity contribution in [3.63, 3.8) is 0 Å². The summed E-state index contributed by atoms with van der Waals surface area (Å²) in [7, 11) is -3.90. The van der Waals surface area contributed by atoms with Gasteiger partial charge in [-0.2, -0.15) is 4.98 Å². The van der Waals surface area contributed by atoms with Crippen molar-refractivity contribution >= 4 is 27.3 Å². The molecule has 29 heavy (non-hydrogen) atoms. The minimum atomic E-state index is -3.90. The maximum absolute atomic E-state index is 13.4. The average molecular weight is 433 g/mol. The molecule has 0 bridgehead atoms. The highest BCUT2D eigenvalue weighted by atomic mass is 35.5. The summed E-state index contributed by atoms with van der Waals surface area (Å²) in [5.41, 5.74) is 0.709. The maximum Gasteiger partial charge on any atom is 0.236 e. The molecule has 2 aromatic carbocycles. The monoisotopic (exact) mass is 432 g/mol. The summed E-state index contributed by atoms with van der Waals surface area (Å²) in [6.45, 7) is 4.92. The van der Waals surface area contributed by atoms with Gasteiger partial charge in [-0.05, 0) is 50.2 Å². The summed E-state index contributed by atoms with van der Waals surface area (Å²) in [5.74, 6) is 0.501. The number of benzene rings is 2. The van der Waals surface area contributed by atoms with E-state index in [0.717, 1.165) is 0 Å². The quantitative estimate of drug-likeness (QED) is 0.606. The molecule has 0 unspecified atom stereocenters. The van der Waals surface area contributed by atoms with Crippen molar-refractivity contribution in [3.05, 3.63) is 59.6 Å². The Balaban J connectivity index is 1.85. The highest BCUT2D eigenvalue weighted by molar-refractivity contribution is 7.91. The molecular weight excluding hydrogens is 412 g/mol. The van der Waals surface area contributed by atoms with Gasteiger partial charge in [0, 0.05) is 23.7 Å². The number of sulfone groups is 1. The Morgan fingerprint density at radius 1 is 1.00 bits per heavy atom. The summed E-state index contributed by atoms with van der Waals surface area (Å²) in [6, 6.07) is 15.3. The van der Waals surface area contributed by atoms with Crippen LogP contribution in [-0.2, 0) is 14.6 Å². The zero-order chi connectivity index (χ0) is 20.6. The number of ether oxygens (including phenoxy) is 1. The number of oxazole rings is 1. The van der Waals surface area contributed by atoms with Crippen LogP contribution in [0.1, 0.15) is 13.8 Å². The fraction of sp³-hybridized carbons (Fsp3) is 0.286. The molecule has 1 aromatic heterocycles. The number of morpholine rings is 1. The van der Waals surface area contributed by atoms with E-state index >= 15 is 0 Å². The van der Waals surface area contributed by atoms with Gasteiger partial charge in [-0.25, -0.2) is 8.42 Å². The van der Waals surface area contributed by atoms with Gasteiger partial charge in [-0.3, -0.25) is 0 Å². The lowest BCUT2D eigenvalue weighted by Gasteiger charge is -2.35. The first kappa shape index (κ1) is 19.9. The van der Waals surface area contributed by atoms with Gasteiger partial charge in [0.15, 0.2) is 0 Å². The average Bonchev–Trinajstić information content (AvgIpc) is 3.15. The first-order valence-electron chi connectivity index (χ1n) is 9.32. The van der Waals surface area contributed by atoms with Crippen molar-refractivity contribution in [3.8, 4) is 11.5 Å². The molecule has 1 aliphatic rings. The highest BCUT2D eigenvalue weighted by Gasteiger charge is 2.34. The van der Waals surface area contributed by atoms with E-state index in [0.29, 0.717) is 23.7 Å². The van der Waals surface area contributed by atoms with Gasteiger partial charge in [0.2, 0.25) is 26.6 Å². The molecule has 0 N–H and O–H groups in total. The third kappa shape index (κ3) is 4.03. The Hall–Kier alpha value is -2.35. The molecule has 1 aliphatic heterocycles. The second-order valence-corrected chi connectivity index (χ2v) is 9.42. The molecule has 6 nitrogen and oxygen atoms in total. The molecular formula is C21H21ClN2O4S. The van der Waals surface area contributed by atoms with Gasteiger partial charge < -0.3 is 14.1 Å². The van der Waals surface area contributed by atoms with Crippen LogP contribution in [0.3, 0.4) is 0 Å². The number of hydrogen-bond acceptors (Lipinski definition) is 6.